The monoisotopic (exact) mass is 287 g/mol. The fourth-order valence-electron chi connectivity index (χ4n) is 2.46. The van der Waals surface area contributed by atoms with Gasteiger partial charge < -0.3 is 5.11 Å². The minimum absolute atomic E-state index is 0.153. The number of aromatic nitrogens is 3. The molecule has 0 bridgehead atoms. The van der Waals surface area contributed by atoms with Gasteiger partial charge in [-0.1, -0.05) is 48.5 Å². The van der Waals surface area contributed by atoms with Crippen LogP contribution in [0, 0.1) is 0 Å². The number of hydrogen-bond acceptors (Lipinski definition) is 3. The van der Waals surface area contributed by atoms with Crippen LogP contribution in [-0.4, -0.2) is 20.1 Å². The second-order valence-corrected chi connectivity index (χ2v) is 5.05. The van der Waals surface area contributed by atoms with E-state index in [0.717, 1.165) is 22.2 Å². The zero-order chi connectivity index (χ0) is 14.9. The second kappa shape index (κ2) is 5.00. The van der Waals surface area contributed by atoms with E-state index in [4.69, 9.17) is 0 Å². The smallest absolute Gasteiger partial charge is 0.143 e. The molecule has 0 fully saturated rings. The number of benzene rings is 3. The molecule has 22 heavy (non-hydrogen) atoms. The zero-order valence-corrected chi connectivity index (χ0v) is 11.7. The van der Waals surface area contributed by atoms with E-state index in [-0.39, 0.29) is 5.75 Å². The lowest BCUT2D eigenvalue weighted by Gasteiger charge is -2.07. The summed E-state index contributed by atoms with van der Waals surface area (Å²) in [5, 5.41) is 19.0. The van der Waals surface area contributed by atoms with Crippen LogP contribution in [-0.2, 0) is 0 Å². The summed E-state index contributed by atoms with van der Waals surface area (Å²) in [6.45, 7) is 0. The van der Waals surface area contributed by atoms with Gasteiger partial charge in [0.05, 0.1) is 0 Å². The highest BCUT2D eigenvalue weighted by Gasteiger charge is 2.10. The van der Waals surface area contributed by atoms with Crippen LogP contribution in [0.3, 0.4) is 0 Å². The lowest BCUT2D eigenvalue weighted by molar-refractivity contribution is 0.468. The Labute approximate surface area is 127 Å². The molecule has 1 aromatic heterocycles. The van der Waals surface area contributed by atoms with Gasteiger partial charge in [0, 0.05) is 0 Å². The number of aromatic hydroxyl groups is 1. The molecule has 0 saturated carbocycles. The van der Waals surface area contributed by atoms with Gasteiger partial charge in [-0.3, -0.25) is 0 Å². The summed E-state index contributed by atoms with van der Waals surface area (Å²) in [5.74, 6) is 0.153. The molecule has 0 spiro atoms. The van der Waals surface area contributed by atoms with Gasteiger partial charge in [-0.15, -0.1) is 15.0 Å². The minimum Gasteiger partial charge on any atom is -0.506 e. The summed E-state index contributed by atoms with van der Waals surface area (Å²) >= 11 is 0. The molecule has 0 aliphatic heterocycles. The van der Waals surface area contributed by atoms with Crippen molar-refractivity contribution in [3.8, 4) is 22.6 Å². The molecule has 0 aliphatic carbocycles. The van der Waals surface area contributed by atoms with Crippen molar-refractivity contribution in [2.75, 3.05) is 0 Å². The molecule has 0 saturated heterocycles. The Kier molecular flexibility index (Phi) is 2.86. The molecule has 0 amide bonds. The SMILES string of the molecule is Oc1ccc(-c2ccccc2)cc1-n1nc2ccccc2n1. The molecule has 3 aromatic carbocycles. The maximum atomic E-state index is 10.2. The third-order valence-corrected chi connectivity index (χ3v) is 3.58. The van der Waals surface area contributed by atoms with Crippen LogP contribution < -0.4 is 0 Å². The summed E-state index contributed by atoms with van der Waals surface area (Å²) in [7, 11) is 0. The molecule has 0 aliphatic rings. The molecule has 0 radical (unpaired) electrons. The number of nitrogens with zero attached hydrogens (tertiary/aromatic N) is 3. The van der Waals surface area contributed by atoms with Crippen LogP contribution in [0.4, 0.5) is 0 Å². The molecule has 1 N–H and O–H groups in total. The Bertz CT molecular complexity index is 912. The Balaban J connectivity index is 1.87. The van der Waals surface area contributed by atoms with Gasteiger partial charge in [0.1, 0.15) is 22.5 Å². The second-order valence-electron chi connectivity index (χ2n) is 5.05. The first-order valence-electron chi connectivity index (χ1n) is 7.02. The number of phenolic OH excluding ortho intramolecular Hbond substituents is 1. The Morgan fingerprint density at radius 3 is 2.00 bits per heavy atom. The van der Waals surface area contributed by atoms with Crippen molar-refractivity contribution in [3.05, 3.63) is 72.8 Å². The first-order valence-corrected chi connectivity index (χ1v) is 7.02. The highest BCUT2D eigenvalue weighted by molar-refractivity contribution is 5.74. The van der Waals surface area contributed by atoms with Crippen LogP contribution in [0.15, 0.2) is 72.8 Å². The molecular weight excluding hydrogens is 274 g/mol. The first-order chi connectivity index (χ1) is 10.8. The Morgan fingerprint density at radius 2 is 1.32 bits per heavy atom. The van der Waals surface area contributed by atoms with Crippen molar-refractivity contribution in [1.82, 2.24) is 15.0 Å². The summed E-state index contributed by atoms with van der Waals surface area (Å²) < 4.78 is 0. The van der Waals surface area contributed by atoms with Crippen molar-refractivity contribution in [3.63, 3.8) is 0 Å². The maximum Gasteiger partial charge on any atom is 0.143 e. The van der Waals surface area contributed by atoms with Gasteiger partial charge in [-0.05, 0) is 35.4 Å². The van der Waals surface area contributed by atoms with Crippen LogP contribution in [0.1, 0.15) is 0 Å². The van der Waals surface area contributed by atoms with Gasteiger partial charge in [-0.25, -0.2) is 0 Å². The van der Waals surface area contributed by atoms with Crippen LogP contribution >= 0.6 is 0 Å². The van der Waals surface area contributed by atoms with Crippen LogP contribution in [0.25, 0.3) is 27.8 Å². The molecule has 4 nitrogen and oxygen atoms in total. The van der Waals surface area contributed by atoms with E-state index in [0.29, 0.717) is 5.69 Å². The number of fused-ring (bicyclic) bond motifs is 1. The predicted molar refractivity (Wildman–Crippen MR) is 86.0 cm³/mol. The average molecular weight is 287 g/mol. The van der Waals surface area contributed by atoms with Crippen molar-refractivity contribution >= 4 is 11.0 Å². The molecule has 106 valence electrons. The lowest BCUT2D eigenvalue weighted by atomic mass is 10.1. The van der Waals surface area contributed by atoms with Crippen molar-refractivity contribution in [1.29, 1.82) is 0 Å². The van der Waals surface area contributed by atoms with E-state index in [2.05, 4.69) is 10.2 Å². The van der Waals surface area contributed by atoms with Gasteiger partial charge in [0.15, 0.2) is 0 Å². The highest BCUT2D eigenvalue weighted by Crippen LogP contribution is 2.28. The summed E-state index contributed by atoms with van der Waals surface area (Å²) in [4.78, 5) is 1.48. The van der Waals surface area contributed by atoms with E-state index in [9.17, 15) is 5.11 Å². The van der Waals surface area contributed by atoms with E-state index >= 15 is 0 Å². The molecule has 0 atom stereocenters. The minimum atomic E-state index is 0.153. The van der Waals surface area contributed by atoms with Gasteiger partial charge in [0.2, 0.25) is 0 Å². The van der Waals surface area contributed by atoms with E-state index in [1.54, 1.807) is 6.07 Å². The van der Waals surface area contributed by atoms with Crippen molar-refractivity contribution in [2.24, 2.45) is 0 Å². The van der Waals surface area contributed by atoms with Crippen molar-refractivity contribution < 1.29 is 5.11 Å². The van der Waals surface area contributed by atoms with Gasteiger partial charge >= 0.3 is 0 Å². The standard InChI is InChI=1S/C18H13N3O/c22-18-11-10-14(13-6-2-1-3-7-13)12-17(18)21-19-15-8-4-5-9-16(15)20-21/h1-12,22H. The third kappa shape index (κ3) is 2.11. The number of rotatable bonds is 2. The quantitative estimate of drug-likeness (QED) is 0.610. The van der Waals surface area contributed by atoms with E-state index < -0.39 is 0 Å². The number of phenols is 1. The maximum absolute atomic E-state index is 10.2. The molecule has 0 unspecified atom stereocenters. The molecule has 1 heterocycles. The average Bonchev–Trinajstić information content (AvgIpc) is 3.00. The Morgan fingerprint density at radius 1 is 0.682 bits per heavy atom. The van der Waals surface area contributed by atoms with Crippen LogP contribution in [0.5, 0.6) is 5.75 Å². The lowest BCUT2D eigenvalue weighted by Crippen LogP contribution is -1.99. The van der Waals surface area contributed by atoms with Crippen molar-refractivity contribution in [2.45, 2.75) is 0 Å². The predicted octanol–water partition coefficient (Wildman–Crippen LogP) is 3.79. The molecule has 4 heteroatoms. The third-order valence-electron chi connectivity index (χ3n) is 3.58. The summed E-state index contributed by atoms with van der Waals surface area (Å²) in [6.07, 6.45) is 0. The largest absolute Gasteiger partial charge is 0.506 e. The number of hydrogen-bond donors (Lipinski definition) is 1. The summed E-state index contributed by atoms with van der Waals surface area (Å²) in [5.41, 5.74) is 4.26. The molecule has 4 rings (SSSR count). The Hall–Kier alpha value is -3.14. The fraction of sp³-hybridized carbons (Fsp3) is 0. The first kappa shape index (κ1) is 12.6. The van der Waals surface area contributed by atoms with E-state index in [1.165, 1.54) is 4.80 Å². The highest BCUT2D eigenvalue weighted by atomic mass is 16.3. The summed E-state index contributed by atoms with van der Waals surface area (Å²) in [6, 6.07) is 23.1. The fourth-order valence-corrected chi connectivity index (χ4v) is 2.46. The zero-order valence-electron chi connectivity index (χ0n) is 11.7. The normalized spacial score (nSPS) is 10.9. The van der Waals surface area contributed by atoms with E-state index in [1.807, 2.05) is 66.7 Å². The van der Waals surface area contributed by atoms with Crippen LogP contribution in [0.2, 0.25) is 0 Å². The van der Waals surface area contributed by atoms with Gasteiger partial charge in [0.25, 0.3) is 0 Å². The molecular formula is C18H13N3O. The molecule has 4 aromatic rings. The topological polar surface area (TPSA) is 50.9 Å². The van der Waals surface area contributed by atoms with Gasteiger partial charge in [-0.2, -0.15) is 0 Å².